The van der Waals surface area contributed by atoms with E-state index in [-0.39, 0.29) is 38.2 Å². The largest absolute Gasteiger partial charge is 0.480 e. The van der Waals surface area contributed by atoms with Crippen molar-refractivity contribution in [1.82, 2.24) is 25.9 Å². The highest BCUT2D eigenvalue weighted by Gasteiger charge is 2.31. The lowest BCUT2D eigenvalue weighted by Gasteiger charge is -2.25. The highest BCUT2D eigenvalue weighted by Crippen LogP contribution is 2.07. The number of aliphatic imine (C=N–C) groups is 1. The van der Waals surface area contributed by atoms with Crippen LogP contribution in [0.2, 0.25) is 0 Å². The van der Waals surface area contributed by atoms with Crippen LogP contribution in [-0.4, -0.2) is 93.2 Å². The maximum Gasteiger partial charge on any atom is 0.326 e. The zero-order valence-corrected chi connectivity index (χ0v) is 21.4. The number of unbranched alkanes of at least 4 members (excludes halogenated alkanes) is 1. The number of carboxylic acid groups (broad SMARTS) is 1. The number of guanidine groups is 1. The summed E-state index contributed by atoms with van der Waals surface area (Å²) in [6.45, 7) is 1.88. The lowest BCUT2D eigenvalue weighted by atomic mass is 10.0. The minimum atomic E-state index is -1.30. The van der Waals surface area contributed by atoms with Crippen LogP contribution in [-0.2, 0) is 25.6 Å². The number of carbonyl (C=O) groups is 4. The summed E-state index contributed by atoms with van der Waals surface area (Å²) in [6, 6.07) is -4.84. The molecule has 16 heteroatoms. The van der Waals surface area contributed by atoms with Crippen molar-refractivity contribution in [3.8, 4) is 0 Å². The van der Waals surface area contributed by atoms with E-state index in [2.05, 4.69) is 30.9 Å². The molecule has 0 aliphatic carbocycles. The summed E-state index contributed by atoms with van der Waals surface area (Å²) < 4.78 is 0. The second kappa shape index (κ2) is 16.9. The molecule has 1 rings (SSSR count). The van der Waals surface area contributed by atoms with E-state index in [1.54, 1.807) is 0 Å². The molecule has 0 aromatic carbocycles. The molecule has 5 atom stereocenters. The number of carbonyl (C=O) groups excluding carboxylic acids is 3. The van der Waals surface area contributed by atoms with E-state index >= 15 is 0 Å². The van der Waals surface area contributed by atoms with Gasteiger partial charge in [0.1, 0.15) is 24.2 Å². The summed E-state index contributed by atoms with van der Waals surface area (Å²) in [5.74, 6) is -3.60. The van der Waals surface area contributed by atoms with E-state index in [9.17, 15) is 29.4 Å². The molecule has 0 aliphatic rings. The van der Waals surface area contributed by atoms with E-state index in [1.807, 2.05) is 0 Å². The number of aliphatic carboxylic acids is 1. The second-order valence-electron chi connectivity index (χ2n) is 8.80. The Morgan fingerprint density at radius 3 is 2.16 bits per heavy atom. The molecule has 5 unspecified atom stereocenters. The Balaban J connectivity index is 3.08. The van der Waals surface area contributed by atoms with Crippen molar-refractivity contribution in [3.05, 3.63) is 18.2 Å². The third kappa shape index (κ3) is 12.0. The fourth-order valence-corrected chi connectivity index (χ4v) is 3.38. The van der Waals surface area contributed by atoms with Gasteiger partial charge >= 0.3 is 5.97 Å². The summed E-state index contributed by atoms with van der Waals surface area (Å²) in [5, 5.41) is 26.7. The number of aliphatic hydroxyl groups is 1. The first-order valence-electron chi connectivity index (χ1n) is 12.3. The Morgan fingerprint density at radius 1 is 1.00 bits per heavy atom. The van der Waals surface area contributed by atoms with Crippen LogP contribution in [0.5, 0.6) is 0 Å². The Hall–Kier alpha value is -3.76. The average Bonchev–Trinajstić information content (AvgIpc) is 3.36. The fraction of sp³-hybridized carbons (Fsp3) is 0.636. The number of nitrogens with two attached hydrogens (primary N) is 4. The molecule has 0 bridgehead atoms. The monoisotopic (exact) mass is 540 g/mol. The van der Waals surface area contributed by atoms with Gasteiger partial charge in [-0.1, -0.05) is 0 Å². The number of H-pyrrole nitrogens is 1. The number of hydrogen-bond acceptors (Lipinski definition) is 9. The van der Waals surface area contributed by atoms with Crippen molar-refractivity contribution in [2.45, 2.75) is 75.7 Å². The number of imidazole rings is 1. The lowest BCUT2D eigenvalue weighted by molar-refractivity contribution is -0.142. The highest BCUT2D eigenvalue weighted by atomic mass is 16.4. The predicted molar refractivity (Wildman–Crippen MR) is 138 cm³/mol. The first-order chi connectivity index (χ1) is 18.0. The van der Waals surface area contributed by atoms with Crippen LogP contribution in [0.15, 0.2) is 17.5 Å². The standard InChI is InChI=1S/C22H40N10O6/c1-12(33)17(24)20(36)32-16(9-13-10-27-11-29-13)19(35)30-14(6-4-8-28-22(25)26)18(34)31-15(21(37)38)5-2-3-7-23/h10-12,14-17,33H,2-9,23-24H2,1H3,(H,27,29)(H,30,35)(H,31,34)(H,32,36)(H,37,38)(H4,25,26,28). The van der Waals surface area contributed by atoms with Gasteiger partial charge in [0, 0.05) is 24.9 Å². The van der Waals surface area contributed by atoms with E-state index in [1.165, 1.54) is 19.4 Å². The maximum atomic E-state index is 13.2. The third-order valence-electron chi connectivity index (χ3n) is 5.57. The van der Waals surface area contributed by atoms with Crippen LogP contribution in [0.4, 0.5) is 0 Å². The summed E-state index contributed by atoms with van der Waals surface area (Å²) in [4.78, 5) is 61.0. The van der Waals surface area contributed by atoms with E-state index < -0.39 is 54.0 Å². The molecule has 0 fully saturated rings. The van der Waals surface area contributed by atoms with E-state index in [4.69, 9.17) is 22.9 Å². The summed E-state index contributed by atoms with van der Waals surface area (Å²) in [5.41, 5.74) is 22.3. The molecule has 3 amide bonds. The number of amides is 3. The van der Waals surface area contributed by atoms with Crippen molar-refractivity contribution in [3.63, 3.8) is 0 Å². The topological polar surface area (TPSA) is 290 Å². The molecule has 0 saturated heterocycles. The highest BCUT2D eigenvalue weighted by molar-refractivity contribution is 5.94. The van der Waals surface area contributed by atoms with Crippen molar-refractivity contribution >= 4 is 29.7 Å². The van der Waals surface area contributed by atoms with Gasteiger partial charge in [0.25, 0.3) is 0 Å². The number of nitrogens with one attached hydrogen (secondary N) is 4. The van der Waals surface area contributed by atoms with Gasteiger partial charge < -0.3 is 54.1 Å². The van der Waals surface area contributed by atoms with E-state index in [0.29, 0.717) is 25.1 Å². The molecule has 16 nitrogen and oxygen atoms in total. The molecule has 0 radical (unpaired) electrons. The van der Waals surface area contributed by atoms with Crippen LogP contribution in [0.25, 0.3) is 0 Å². The first-order valence-corrected chi connectivity index (χ1v) is 12.3. The Kier molecular flexibility index (Phi) is 14.3. The van der Waals surface area contributed by atoms with Crippen molar-refractivity contribution in [2.24, 2.45) is 27.9 Å². The van der Waals surface area contributed by atoms with Gasteiger partial charge in [-0.2, -0.15) is 0 Å². The number of hydrogen-bond donors (Lipinski definition) is 10. The third-order valence-corrected chi connectivity index (χ3v) is 5.57. The van der Waals surface area contributed by atoms with Gasteiger partial charge in [-0.15, -0.1) is 0 Å². The summed E-state index contributed by atoms with van der Waals surface area (Å²) in [6.07, 6.45) is 3.23. The van der Waals surface area contributed by atoms with Crippen LogP contribution in [0, 0.1) is 0 Å². The Bertz CT molecular complexity index is 920. The van der Waals surface area contributed by atoms with Gasteiger partial charge in [0.2, 0.25) is 17.7 Å². The van der Waals surface area contributed by atoms with Crippen LogP contribution in [0.1, 0.15) is 44.7 Å². The van der Waals surface area contributed by atoms with Crippen LogP contribution < -0.4 is 38.9 Å². The maximum absolute atomic E-state index is 13.2. The number of nitrogens with zero attached hydrogens (tertiary/aromatic N) is 2. The van der Waals surface area contributed by atoms with Crippen LogP contribution >= 0.6 is 0 Å². The van der Waals surface area contributed by atoms with Gasteiger partial charge in [-0.25, -0.2) is 9.78 Å². The molecule has 0 aliphatic heterocycles. The molecular weight excluding hydrogens is 500 g/mol. The lowest BCUT2D eigenvalue weighted by Crippen LogP contribution is -2.58. The molecule has 38 heavy (non-hydrogen) atoms. The van der Waals surface area contributed by atoms with Crippen molar-refractivity contribution in [2.75, 3.05) is 13.1 Å². The van der Waals surface area contributed by atoms with E-state index in [0.717, 1.165) is 0 Å². The molecule has 1 aromatic heterocycles. The second-order valence-corrected chi connectivity index (χ2v) is 8.80. The predicted octanol–water partition coefficient (Wildman–Crippen LogP) is -3.62. The zero-order chi connectivity index (χ0) is 28.7. The van der Waals surface area contributed by atoms with Crippen molar-refractivity contribution in [1.29, 1.82) is 0 Å². The fourth-order valence-electron chi connectivity index (χ4n) is 3.38. The van der Waals surface area contributed by atoms with Gasteiger partial charge in [0.15, 0.2) is 5.96 Å². The summed E-state index contributed by atoms with van der Waals surface area (Å²) >= 11 is 0. The minimum Gasteiger partial charge on any atom is -0.480 e. The number of aromatic nitrogens is 2. The quantitative estimate of drug-likeness (QED) is 0.0492. The molecule has 0 saturated carbocycles. The molecule has 214 valence electrons. The number of aromatic amines is 1. The smallest absolute Gasteiger partial charge is 0.326 e. The number of rotatable bonds is 18. The average molecular weight is 541 g/mol. The van der Waals surface area contributed by atoms with Gasteiger partial charge in [0.05, 0.1) is 12.4 Å². The Labute approximate surface area is 220 Å². The summed E-state index contributed by atoms with van der Waals surface area (Å²) in [7, 11) is 0. The zero-order valence-electron chi connectivity index (χ0n) is 21.4. The molecule has 1 aromatic rings. The SMILES string of the molecule is CC(O)C(N)C(=O)NC(Cc1cnc[nH]1)C(=O)NC(CCCN=C(N)N)C(=O)NC(CCCCN)C(=O)O. The minimum absolute atomic E-state index is 0.0245. The molecule has 0 spiro atoms. The van der Waals surface area contributed by atoms with Gasteiger partial charge in [-0.3, -0.25) is 19.4 Å². The van der Waals surface area contributed by atoms with Crippen LogP contribution in [0.3, 0.4) is 0 Å². The Morgan fingerprint density at radius 2 is 1.61 bits per heavy atom. The van der Waals surface area contributed by atoms with Crippen molar-refractivity contribution < 1.29 is 29.4 Å². The first kappa shape index (κ1) is 32.3. The molecule has 14 N–H and O–H groups in total. The normalized spacial score (nSPS) is 14.8. The molecular formula is C22H40N10O6. The number of aliphatic hydroxyl groups excluding tert-OH is 1. The van der Waals surface area contributed by atoms with Gasteiger partial charge in [-0.05, 0) is 45.6 Å². The molecule has 1 heterocycles. The number of carboxylic acids is 1.